The summed E-state index contributed by atoms with van der Waals surface area (Å²) in [6.45, 7) is 4.49. The highest BCUT2D eigenvalue weighted by atomic mass is 16.5. The molecule has 1 heterocycles. The van der Waals surface area contributed by atoms with Gasteiger partial charge in [0, 0.05) is 19.5 Å². The Morgan fingerprint density at radius 3 is 2.65 bits per heavy atom. The highest BCUT2D eigenvalue weighted by Gasteiger charge is 2.23. The molecule has 1 aliphatic heterocycles. The number of carbonyl (C=O) groups excluding carboxylic acids is 2. The SMILES string of the molecule is C[C@@H](NC(=O)CCCOc1ccccc1)C(=O)N1CCOCC1. The number of nitrogens with one attached hydrogen (secondary N) is 1. The molecule has 1 fully saturated rings. The van der Waals surface area contributed by atoms with Crippen LogP contribution in [0.4, 0.5) is 0 Å². The zero-order valence-corrected chi connectivity index (χ0v) is 13.5. The summed E-state index contributed by atoms with van der Waals surface area (Å²) in [5, 5.41) is 2.75. The Bertz CT molecular complexity index is 501. The molecule has 1 aliphatic rings. The summed E-state index contributed by atoms with van der Waals surface area (Å²) in [4.78, 5) is 25.8. The van der Waals surface area contributed by atoms with Crippen LogP contribution in [0.2, 0.25) is 0 Å². The molecule has 0 spiro atoms. The summed E-state index contributed by atoms with van der Waals surface area (Å²) in [7, 11) is 0. The largest absolute Gasteiger partial charge is 0.494 e. The Morgan fingerprint density at radius 1 is 1.26 bits per heavy atom. The average Bonchev–Trinajstić information content (AvgIpc) is 2.59. The van der Waals surface area contributed by atoms with E-state index < -0.39 is 6.04 Å². The van der Waals surface area contributed by atoms with Crippen molar-refractivity contribution < 1.29 is 19.1 Å². The van der Waals surface area contributed by atoms with Gasteiger partial charge in [-0.15, -0.1) is 0 Å². The summed E-state index contributed by atoms with van der Waals surface area (Å²) in [5.74, 6) is 0.613. The first-order chi connectivity index (χ1) is 11.2. The zero-order chi connectivity index (χ0) is 16.5. The number of ether oxygens (including phenoxy) is 2. The molecule has 126 valence electrons. The lowest BCUT2D eigenvalue weighted by atomic mass is 10.2. The number of rotatable bonds is 7. The fourth-order valence-electron chi connectivity index (χ4n) is 2.37. The third-order valence-electron chi connectivity index (χ3n) is 3.63. The monoisotopic (exact) mass is 320 g/mol. The van der Waals surface area contributed by atoms with E-state index in [1.165, 1.54) is 0 Å². The number of para-hydroxylation sites is 1. The van der Waals surface area contributed by atoms with Crippen LogP contribution < -0.4 is 10.1 Å². The molecule has 23 heavy (non-hydrogen) atoms. The van der Waals surface area contributed by atoms with Gasteiger partial charge in [0.25, 0.3) is 0 Å². The predicted molar refractivity (Wildman–Crippen MR) is 86.2 cm³/mol. The third-order valence-corrected chi connectivity index (χ3v) is 3.63. The lowest BCUT2D eigenvalue weighted by molar-refractivity contribution is -0.139. The van der Waals surface area contributed by atoms with Gasteiger partial charge in [-0.05, 0) is 25.5 Å². The quantitative estimate of drug-likeness (QED) is 0.767. The second kappa shape index (κ2) is 9.15. The van der Waals surface area contributed by atoms with Gasteiger partial charge in [0.2, 0.25) is 11.8 Å². The minimum atomic E-state index is -0.504. The zero-order valence-electron chi connectivity index (χ0n) is 13.5. The fourth-order valence-corrected chi connectivity index (χ4v) is 2.37. The van der Waals surface area contributed by atoms with E-state index in [0.29, 0.717) is 45.8 Å². The Balaban J connectivity index is 1.62. The molecular formula is C17H24N2O4. The maximum Gasteiger partial charge on any atom is 0.245 e. The van der Waals surface area contributed by atoms with Crippen molar-refractivity contribution in [2.45, 2.75) is 25.8 Å². The first kappa shape index (κ1) is 17.3. The first-order valence-electron chi connectivity index (χ1n) is 8.00. The second-order valence-corrected chi connectivity index (χ2v) is 5.49. The van der Waals surface area contributed by atoms with Gasteiger partial charge in [0.15, 0.2) is 0 Å². The van der Waals surface area contributed by atoms with Crippen LogP contribution in [0, 0.1) is 0 Å². The number of benzene rings is 1. The van der Waals surface area contributed by atoms with Crippen molar-refractivity contribution in [2.24, 2.45) is 0 Å². The molecule has 0 unspecified atom stereocenters. The van der Waals surface area contributed by atoms with Crippen LogP contribution >= 0.6 is 0 Å². The van der Waals surface area contributed by atoms with E-state index in [1.54, 1.807) is 11.8 Å². The number of amides is 2. The van der Waals surface area contributed by atoms with E-state index in [0.717, 1.165) is 5.75 Å². The number of nitrogens with zero attached hydrogens (tertiary/aromatic N) is 1. The molecule has 6 nitrogen and oxygen atoms in total. The standard InChI is InChI=1S/C17H24N2O4/c1-14(17(21)19-9-12-22-13-10-19)18-16(20)8-5-11-23-15-6-3-2-4-7-15/h2-4,6-7,14H,5,8-13H2,1H3,(H,18,20)/t14-/m1/s1. The Kier molecular flexibility index (Phi) is 6.87. The average molecular weight is 320 g/mol. The van der Waals surface area contributed by atoms with Crippen LogP contribution in [0.3, 0.4) is 0 Å². The van der Waals surface area contributed by atoms with Gasteiger partial charge in [-0.25, -0.2) is 0 Å². The predicted octanol–water partition coefficient (Wildman–Crippen LogP) is 1.21. The molecule has 1 saturated heterocycles. The van der Waals surface area contributed by atoms with E-state index in [9.17, 15) is 9.59 Å². The lowest BCUT2D eigenvalue weighted by Crippen LogP contribution is -2.50. The molecule has 2 amide bonds. The molecule has 0 saturated carbocycles. The van der Waals surface area contributed by atoms with Crippen LogP contribution in [0.1, 0.15) is 19.8 Å². The Morgan fingerprint density at radius 2 is 1.96 bits per heavy atom. The maximum absolute atomic E-state index is 12.2. The number of morpholine rings is 1. The minimum absolute atomic E-state index is 0.0535. The summed E-state index contributed by atoms with van der Waals surface area (Å²) < 4.78 is 10.8. The highest BCUT2D eigenvalue weighted by Crippen LogP contribution is 2.09. The van der Waals surface area contributed by atoms with E-state index in [1.807, 2.05) is 30.3 Å². The van der Waals surface area contributed by atoms with Crippen molar-refractivity contribution in [3.63, 3.8) is 0 Å². The lowest BCUT2D eigenvalue weighted by Gasteiger charge is -2.29. The number of hydrogen-bond donors (Lipinski definition) is 1. The van der Waals surface area contributed by atoms with Crippen LogP contribution in [0.25, 0.3) is 0 Å². The first-order valence-corrected chi connectivity index (χ1v) is 8.00. The summed E-state index contributed by atoms with van der Waals surface area (Å²) >= 11 is 0. The number of hydrogen-bond acceptors (Lipinski definition) is 4. The van der Waals surface area contributed by atoms with Gasteiger partial charge in [0.05, 0.1) is 19.8 Å². The van der Waals surface area contributed by atoms with Crippen molar-refractivity contribution in [1.82, 2.24) is 10.2 Å². The highest BCUT2D eigenvalue weighted by molar-refractivity contribution is 5.87. The van der Waals surface area contributed by atoms with Crippen LogP contribution in [-0.4, -0.2) is 55.7 Å². The summed E-state index contributed by atoms with van der Waals surface area (Å²) in [6.07, 6.45) is 0.951. The smallest absolute Gasteiger partial charge is 0.245 e. The molecule has 0 aliphatic carbocycles. The van der Waals surface area contributed by atoms with Gasteiger partial charge in [-0.2, -0.15) is 0 Å². The van der Waals surface area contributed by atoms with E-state index >= 15 is 0 Å². The minimum Gasteiger partial charge on any atom is -0.494 e. The molecule has 0 aromatic heterocycles. The molecule has 0 bridgehead atoms. The van der Waals surface area contributed by atoms with Crippen LogP contribution in [-0.2, 0) is 14.3 Å². The molecule has 1 N–H and O–H groups in total. The topological polar surface area (TPSA) is 67.9 Å². The van der Waals surface area contributed by atoms with Gasteiger partial charge in [-0.3, -0.25) is 9.59 Å². The molecule has 1 aromatic carbocycles. The summed E-state index contributed by atoms with van der Waals surface area (Å²) in [5.41, 5.74) is 0. The second-order valence-electron chi connectivity index (χ2n) is 5.49. The Hall–Kier alpha value is -2.08. The normalized spacial score (nSPS) is 15.8. The van der Waals surface area contributed by atoms with Crippen molar-refractivity contribution >= 4 is 11.8 Å². The van der Waals surface area contributed by atoms with Crippen LogP contribution in [0.5, 0.6) is 5.75 Å². The van der Waals surface area contributed by atoms with Crippen molar-refractivity contribution in [2.75, 3.05) is 32.9 Å². The number of carbonyl (C=O) groups is 2. The van der Waals surface area contributed by atoms with Gasteiger partial charge >= 0.3 is 0 Å². The van der Waals surface area contributed by atoms with E-state index in [4.69, 9.17) is 9.47 Å². The summed E-state index contributed by atoms with van der Waals surface area (Å²) in [6, 6.07) is 8.98. The van der Waals surface area contributed by atoms with Gasteiger partial charge < -0.3 is 19.7 Å². The van der Waals surface area contributed by atoms with Crippen molar-refractivity contribution in [3.8, 4) is 5.75 Å². The third kappa shape index (κ3) is 5.90. The van der Waals surface area contributed by atoms with E-state index in [2.05, 4.69) is 5.32 Å². The maximum atomic E-state index is 12.2. The molecule has 6 heteroatoms. The molecule has 2 rings (SSSR count). The van der Waals surface area contributed by atoms with Crippen molar-refractivity contribution in [1.29, 1.82) is 0 Å². The van der Waals surface area contributed by atoms with E-state index in [-0.39, 0.29) is 11.8 Å². The molecular weight excluding hydrogens is 296 g/mol. The fraction of sp³-hybridized carbons (Fsp3) is 0.529. The van der Waals surface area contributed by atoms with Crippen molar-refractivity contribution in [3.05, 3.63) is 30.3 Å². The van der Waals surface area contributed by atoms with Gasteiger partial charge in [-0.1, -0.05) is 18.2 Å². The molecule has 1 aromatic rings. The van der Waals surface area contributed by atoms with Gasteiger partial charge in [0.1, 0.15) is 11.8 Å². The molecule has 0 radical (unpaired) electrons. The molecule has 1 atom stereocenters. The van der Waals surface area contributed by atoms with Crippen LogP contribution in [0.15, 0.2) is 30.3 Å². The Labute approximate surface area is 136 Å².